The Kier molecular flexibility index (Phi) is 5.95. The molecule has 0 aliphatic heterocycles. The molecule has 0 heterocycles. The predicted octanol–water partition coefficient (Wildman–Crippen LogP) is 2.32. The van der Waals surface area contributed by atoms with Gasteiger partial charge in [-0.15, -0.1) is 0 Å². The van der Waals surface area contributed by atoms with Gasteiger partial charge in [0.05, 0.1) is 11.5 Å². The van der Waals surface area contributed by atoms with Gasteiger partial charge in [0.1, 0.15) is 6.04 Å². The van der Waals surface area contributed by atoms with Gasteiger partial charge in [-0.05, 0) is 33.8 Å². The molecule has 0 bridgehead atoms. The van der Waals surface area contributed by atoms with Crippen molar-refractivity contribution in [1.82, 2.24) is 5.32 Å². The van der Waals surface area contributed by atoms with E-state index in [1.165, 1.54) is 12.1 Å². The zero-order chi connectivity index (χ0) is 16.0. The lowest BCUT2D eigenvalue weighted by Gasteiger charge is -2.17. The van der Waals surface area contributed by atoms with E-state index in [0.29, 0.717) is 12.3 Å². The summed E-state index contributed by atoms with van der Waals surface area (Å²) in [4.78, 5) is 22.2. The van der Waals surface area contributed by atoms with Gasteiger partial charge in [0, 0.05) is 23.9 Å². The molecule has 1 atom stereocenters. The van der Waals surface area contributed by atoms with Gasteiger partial charge in [-0.3, -0.25) is 14.9 Å². The molecule has 0 aliphatic carbocycles. The van der Waals surface area contributed by atoms with Crippen molar-refractivity contribution >= 4 is 17.3 Å². The summed E-state index contributed by atoms with van der Waals surface area (Å²) in [5.41, 5.74) is 0.497. The number of ether oxygens (including phenoxy) is 1. The van der Waals surface area contributed by atoms with E-state index in [1.54, 1.807) is 19.9 Å². The van der Waals surface area contributed by atoms with Gasteiger partial charge in [0.25, 0.3) is 0 Å². The number of benzene rings is 1. The molecule has 21 heavy (non-hydrogen) atoms. The van der Waals surface area contributed by atoms with Crippen molar-refractivity contribution < 1.29 is 14.5 Å². The first-order valence-electron chi connectivity index (χ1n) is 6.83. The van der Waals surface area contributed by atoms with Crippen molar-refractivity contribution in [1.29, 1.82) is 0 Å². The summed E-state index contributed by atoms with van der Waals surface area (Å²) in [6, 6.07) is 4.04. The Balaban J connectivity index is 2.86. The highest BCUT2D eigenvalue weighted by molar-refractivity contribution is 5.84. The van der Waals surface area contributed by atoms with Crippen LogP contribution in [0.15, 0.2) is 18.2 Å². The van der Waals surface area contributed by atoms with Crippen LogP contribution in [0.2, 0.25) is 0 Å². The van der Waals surface area contributed by atoms with Crippen molar-refractivity contribution in [3.63, 3.8) is 0 Å². The van der Waals surface area contributed by atoms with E-state index < -0.39 is 11.0 Å². The SMILES string of the molecule is CCOc1cc(NC(C)C(=O)NC(C)C)ccc1[N+](=O)[O-]. The molecule has 0 aromatic heterocycles. The largest absolute Gasteiger partial charge is 0.487 e. The number of nitrogens with zero attached hydrogens (tertiary/aromatic N) is 1. The number of hydrogen-bond acceptors (Lipinski definition) is 5. The Morgan fingerprint density at radius 1 is 1.38 bits per heavy atom. The molecule has 0 radical (unpaired) electrons. The van der Waals surface area contributed by atoms with Crippen LogP contribution in [0.25, 0.3) is 0 Å². The second-order valence-electron chi connectivity index (χ2n) is 4.90. The van der Waals surface area contributed by atoms with Crippen LogP contribution in [0.4, 0.5) is 11.4 Å². The number of nitro groups is 1. The number of carbonyl (C=O) groups excluding carboxylic acids is 1. The maximum atomic E-state index is 11.8. The van der Waals surface area contributed by atoms with Crippen LogP contribution >= 0.6 is 0 Å². The van der Waals surface area contributed by atoms with Gasteiger partial charge >= 0.3 is 5.69 Å². The highest BCUT2D eigenvalue weighted by atomic mass is 16.6. The highest BCUT2D eigenvalue weighted by Crippen LogP contribution is 2.30. The maximum absolute atomic E-state index is 11.8. The first kappa shape index (κ1) is 16.7. The fraction of sp³-hybridized carbons (Fsp3) is 0.500. The van der Waals surface area contributed by atoms with Gasteiger partial charge in [0.15, 0.2) is 5.75 Å². The van der Waals surface area contributed by atoms with Gasteiger partial charge < -0.3 is 15.4 Å². The molecule has 116 valence electrons. The maximum Gasteiger partial charge on any atom is 0.311 e. The molecule has 1 aromatic carbocycles. The Morgan fingerprint density at radius 2 is 2.05 bits per heavy atom. The first-order valence-corrected chi connectivity index (χ1v) is 6.83. The monoisotopic (exact) mass is 295 g/mol. The number of nitrogens with one attached hydrogen (secondary N) is 2. The van der Waals surface area contributed by atoms with Crippen molar-refractivity contribution in [3.8, 4) is 5.75 Å². The number of anilines is 1. The molecule has 2 N–H and O–H groups in total. The molecule has 0 saturated carbocycles. The van der Waals surface area contributed by atoms with Gasteiger partial charge in [-0.1, -0.05) is 0 Å². The summed E-state index contributed by atoms with van der Waals surface area (Å²) in [5.74, 6) is 0.0466. The van der Waals surface area contributed by atoms with Crippen molar-refractivity contribution in [2.45, 2.75) is 39.8 Å². The van der Waals surface area contributed by atoms with E-state index in [1.807, 2.05) is 13.8 Å². The molecule has 1 amide bonds. The lowest BCUT2D eigenvalue weighted by molar-refractivity contribution is -0.385. The van der Waals surface area contributed by atoms with Crippen LogP contribution in [-0.4, -0.2) is 29.5 Å². The molecule has 7 nitrogen and oxygen atoms in total. The van der Waals surface area contributed by atoms with E-state index in [9.17, 15) is 14.9 Å². The molecule has 0 fully saturated rings. The molecule has 1 aromatic rings. The van der Waals surface area contributed by atoms with Crippen LogP contribution in [-0.2, 0) is 4.79 Å². The summed E-state index contributed by atoms with van der Waals surface area (Å²) in [5, 5.41) is 16.7. The molecule has 1 rings (SSSR count). The highest BCUT2D eigenvalue weighted by Gasteiger charge is 2.18. The third-order valence-electron chi connectivity index (χ3n) is 2.66. The number of amides is 1. The Hall–Kier alpha value is -2.31. The number of rotatable bonds is 7. The minimum atomic E-state index is -0.496. The smallest absolute Gasteiger partial charge is 0.311 e. The molecular formula is C14H21N3O4. The number of carbonyl (C=O) groups is 1. The molecule has 0 aliphatic rings. The molecule has 7 heteroatoms. The zero-order valence-electron chi connectivity index (χ0n) is 12.7. The fourth-order valence-corrected chi connectivity index (χ4v) is 1.75. The second kappa shape index (κ2) is 7.47. The molecule has 1 unspecified atom stereocenters. The van der Waals surface area contributed by atoms with E-state index >= 15 is 0 Å². The summed E-state index contributed by atoms with van der Waals surface area (Å²) in [6.07, 6.45) is 0. The van der Waals surface area contributed by atoms with Crippen LogP contribution in [0.3, 0.4) is 0 Å². The van der Waals surface area contributed by atoms with Gasteiger partial charge in [0.2, 0.25) is 5.91 Å². The average molecular weight is 295 g/mol. The van der Waals surface area contributed by atoms with E-state index in [0.717, 1.165) is 0 Å². The van der Waals surface area contributed by atoms with Crippen LogP contribution in [0.1, 0.15) is 27.7 Å². The topological polar surface area (TPSA) is 93.5 Å². The van der Waals surface area contributed by atoms with E-state index in [-0.39, 0.29) is 23.4 Å². The van der Waals surface area contributed by atoms with E-state index in [2.05, 4.69) is 10.6 Å². The Morgan fingerprint density at radius 3 is 2.57 bits per heavy atom. The lowest BCUT2D eigenvalue weighted by atomic mass is 10.2. The van der Waals surface area contributed by atoms with Crippen LogP contribution in [0.5, 0.6) is 5.75 Å². The summed E-state index contributed by atoms with van der Waals surface area (Å²) < 4.78 is 5.26. The first-order chi connectivity index (χ1) is 9.85. The van der Waals surface area contributed by atoms with Crippen molar-refractivity contribution in [2.24, 2.45) is 0 Å². The lowest BCUT2D eigenvalue weighted by Crippen LogP contribution is -2.40. The Labute approximate surface area is 123 Å². The average Bonchev–Trinajstić information content (AvgIpc) is 2.38. The van der Waals surface area contributed by atoms with Crippen LogP contribution in [0, 0.1) is 10.1 Å². The summed E-state index contributed by atoms with van der Waals surface area (Å²) in [7, 11) is 0. The summed E-state index contributed by atoms with van der Waals surface area (Å²) >= 11 is 0. The second-order valence-corrected chi connectivity index (χ2v) is 4.90. The molecular weight excluding hydrogens is 274 g/mol. The summed E-state index contributed by atoms with van der Waals surface area (Å²) in [6.45, 7) is 7.56. The standard InChI is InChI=1S/C14H21N3O4/c1-5-21-13-8-11(6-7-12(13)17(19)20)16-10(4)14(18)15-9(2)3/h6-10,16H,5H2,1-4H3,(H,15,18). The van der Waals surface area contributed by atoms with Crippen molar-refractivity contribution in [2.75, 3.05) is 11.9 Å². The minimum absolute atomic E-state index is 0.0533. The normalized spacial score (nSPS) is 11.9. The Bertz CT molecular complexity index is 517. The van der Waals surface area contributed by atoms with Crippen LogP contribution < -0.4 is 15.4 Å². The van der Waals surface area contributed by atoms with E-state index in [4.69, 9.17) is 4.74 Å². The third kappa shape index (κ3) is 4.94. The fourth-order valence-electron chi connectivity index (χ4n) is 1.75. The predicted molar refractivity (Wildman–Crippen MR) is 80.6 cm³/mol. The number of nitro benzene ring substituents is 1. The quantitative estimate of drug-likeness (QED) is 0.594. The molecule has 0 spiro atoms. The van der Waals surface area contributed by atoms with Gasteiger partial charge in [-0.25, -0.2) is 0 Å². The third-order valence-corrected chi connectivity index (χ3v) is 2.66. The zero-order valence-corrected chi connectivity index (χ0v) is 12.7. The minimum Gasteiger partial charge on any atom is -0.487 e. The van der Waals surface area contributed by atoms with Gasteiger partial charge in [-0.2, -0.15) is 0 Å². The van der Waals surface area contributed by atoms with Crippen molar-refractivity contribution in [3.05, 3.63) is 28.3 Å². The molecule has 0 saturated heterocycles. The number of hydrogen-bond donors (Lipinski definition) is 2.